The molecule has 78 valence electrons. The monoisotopic (exact) mass is 265 g/mol. The lowest BCUT2D eigenvalue weighted by Gasteiger charge is -2.01. The van der Waals surface area contributed by atoms with Gasteiger partial charge in [-0.15, -0.1) is 0 Å². The standard InChI is InChI=1S/C11H12BrN3/c1-3-4-7-5-6-8(12)10-9(7)11(13)14-15(10)2/h3-6H,1-2H3,(H2,13,14). The number of aromatic nitrogens is 2. The first-order chi connectivity index (χ1) is 7.15. The first-order valence-corrected chi connectivity index (χ1v) is 5.48. The number of nitrogens with zero attached hydrogens (tertiary/aromatic N) is 2. The molecule has 3 nitrogen and oxygen atoms in total. The highest BCUT2D eigenvalue weighted by atomic mass is 79.9. The van der Waals surface area contributed by atoms with E-state index in [4.69, 9.17) is 5.73 Å². The summed E-state index contributed by atoms with van der Waals surface area (Å²) in [5.41, 5.74) is 8.02. The molecule has 0 fully saturated rings. The van der Waals surface area contributed by atoms with Gasteiger partial charge < -0.3 is 5.73 Å². The Balaban J connectivity index is 2.91. The van der Waals surface area contributed by atoms with Crippen molar-refractivity contribution in [1.29, 1.82) is 0 Å². The first-order valence-electron chi connectivity index (χ1n) is 4.68. The van der Waals surface area contributed by atoms with Crippen molar-refractivity contribution in [2.75, 3.05) is 5.73 Å². The topological polar surface area (TPSA) is 43.8 Å². The first kappa shape index (κ1) is 10.2. The molecule has 0 saturated carbocycles. The molecule has 0 aliphatic rings. The van der Waals surface area contributed by atoms with E-state index in [0.717, 1.165) is 20.9 Å². The molecule has 2 rings (SSSR count). The van der Waals surface area contributed by atoms with Crippen LogP contribution in [-0.4, -0.2) is 9.78 Å². The normalized spacial score (nSPS) is 11.7. The molecular formula is C11H12BrN3. The molecule has 0 bridgehead atoms. The summed E-state index contributed by atoms with van der Waals surface area (Å²) in [5, 5.41) is 5.23. The van der Waals surface area contributed by atoms with Crippen LogP contribution in [0.3, 0.4) is 0 Å². The van der Waals surface area contributed by atoms with Crippen LogP contribution in [0.15, 0.2) is 22.7 Å². The smallest absolute Gasteiger partial charge is 0.154 e. The molecule has 0 aliphatic carbocycles. The number of allylic oxidation sites excluding steroid dienone is 1. The van der Waals surface area contributed by atoms with E-state index in [2.05, 4.69) is 21.0 Å². The maximum Gasteiger partial charge on any atom is 0.154 e. The molecule has 15 heavy (non-hydrogen) atoms. The molecule has 0 saturated heterocycles. The highest BCUT2D eigenvalue weighted by Gasteiger charge is 2.11. The van der Waals surface area contributed by atoms with Crippen molar-refractivity contribution < 1.29 is 0 Å². The maximum absolute atomic E-state index is 5.89. The van der Waals surface area contributed by atoms with Crippen LogP contribution < -0.4 is 5.73 Å². The minimum Gasteiger partial charge on any atom is -0.382 e. The van der Waals surface area contributed by atoms with Crippen molar-refractivity contribution in [1.82, 2.24) is 9.78 Å². The molecule has 4 heteroatoms. The lowest BCUT2D eigenvalue weighted by atomic mass is 10.1. The maximum atomic E-state index is 5.89. The Kier molecular flexibility index (Phi) is 2.52. The van der Waals surface area contributed by atoms with Crippen molar-refractivity contribution in [2.24, 2.45) is 7.05 Å². The minimum absolute atomic E-state index is 0.571. The number of nitrogen functional groups attached to an aromatic ring is 1. The number of fused-ring (bicyclic) bond motifs is 1. The molecule has 0 radical (unpaired) electrons. The zero-order valence-electron chi connectivity index (χ0n) is 8.66. The van der Waals surface area contributed by atoms with E-state index in [1.807, 2.05) is 38.3 Å². The van der Waals surface area contributed by atoms with Crippen LogP contribution in [0.25, 0.3) is 17.0 Å². The second-order valence-electron chi connectivity index (χ2n) is 3.37. The summed E-state index contributed by atoms with van der Waals surface area (Å²) in [5.74, 6) is 0.571. The molecule has 0 aliphatic heterocycles. The van der Waals surface area contributed by atoms with Crippen LogP contribution in [0.2, 0.25) is 0 Å². The number of rotatable bonds is 1. The quantitative estimate of drug-likeness (QED) is 0.862. The van der Waals surface area contributed by atoms with Gasteiger partial charge in [0.25, 0.3) is 0 Å². The van der Waals surface area contributed by atoms with Crippen molar-refractivity contribution in [2.45, 2.75) is 6.92 Å². The Labute approximate surface area is 96.7 Å². The summed E-state index contributed by atoms with van der Waals surface area (Å²) in [6.07, 6.45) is 4.03. The summed E-state index contributed by atoms with van der Waals surface area (Å²) in [4.78, 5) is 0. The second kappa shape index (κ2) is 3.70. The van der Waals surface area contributed by atoms with Gasteiger partial charge in [-0.3, -0.25) is 4.68 Å². The van der Waals surface area contributed by atoms with E-state index in [1.165, 1.54) is 0 Å². The SMILES string of the molecule is CC=Cc1ccc(Br)c2c1c(N)nn2C. The van der Waals surface area contributed by atoms with Gasteiger partial charge in [-0.05, 0) is 34.5 Å². The third-order valence-electron chi connectivity index (χ3n) is 2.34. The van der Waals surface area contributed by atoms with E-state index in [-0.39, 0.29) is 0 Å². The molecular weight excluding hydrogens is 254 g/mol. The fourth-order valence-corrected chi connectivity index (χ4v) is 2.33. The molecule has 0 spiro atoms. The van der Waals surface area contributed by atoms with Crippen molar-refractivity contribution in [3.8, 4) is 0 Å². The summed E-state index contributed by atoms with van der Waals surface area (Å²) in [6.45, 7) is 1.99. The number of benzene rings is 1. The Morgan fingerprint density at radius 1 is 1.47 bits per heavy atom. The number of hydrogen-bond donors (Lipinski definition) is 1. The van der Waals surface area contributed by atoms with Crippen molar-refractivity contribution >= 4 is 38.7 Å². The van der Waals surface area contributed by atoms with E-state index >= 15 is 0 Å². The lowest BCUT2D eigenvalue weighted by Crippen LogP contribution is -1.91. The predicted molar refractivity (Wildman–Crippen MR) is 67.5 cm³/mol. The number of anilines is 1. The van der Waals surface area contributed by atoms with Gasteiger partial charge >= 0.3 is 0 Å². The molecule has 0 atom stereocenters. The van der Waals surface area contributed by atoms with Gasteiger partial charge in [0.2, 0.25) is 0 Å². The van der Waals surface area contributed by atoms with Crippen molar-refractivity contribution in [3.05, 3.63) is 28.2 Å². The van der Waals surface area contributed by atoms with Gasteiger partial charge in [-0.25, -0.2) is 0 Å². The van der Waals surface area contributed by atoms with E-state index in [0.29, 0.717) is 5.82 Å². The van der Waals surface area contributed by atoms with Gasteiger partial charge in [-0.1, -0.05) is 18.2 Å². The zero-order chi connectivity index (χ0) is 11.0. The molecule has 1 aromatic heterocycles. The third-order valence-corrected chi connectivity index (χ3v) is 2.98. The largest absolute Gasteiger partial charge is 0.382 e. The Bertz CT molecular complexity index is 540. The molecule has 0 amide bonds. The number of nitrogens with two attached hydrogens (primary N) is 1. The van der Waals surface area contributed by atoms with Crippen LogP contribution in [0, 0.1) is 0 Å². The second-order valence-corrected chi connectivity index (χ2v) is 4.22. The van der Waals surface area contributed by atoms with Gasteiger partial charge in [-0.2, -0.15) is 5.10 Å². The van der Waals surface area contributed by atoms with Crippen LogP contribution in [0.5, 0.6) is 0 Å². The van der Waals surface area contributed by atoms with Crippen LogP contribution in [0.1, 0.15) is 12.5 Å². The van der Waals surface area contributed by atoms with Crippen molar-refractivity contribution in [3.63, 3.8) is 0 Å². The van der Waals surface area contributed by atoms with Gasteiger partial charge in [0.15, 0.2) is 5.82 Å². The average Bonchev–Trinajstić information content (AvgIpc) is 2.48. The molecule has 1 aromatic carbocycles. The lowest BCUT2D eigenvalue weighted by molar-refractivity contribution is 0.800. The molecule has 2 N–H and O–H groups in total. The summed E-state index contributed by atoms with van der Waals surface area (Å²) < 4.78 is 2.80. The number of aryl methyl sites for hydroxylation is 1. The Morgan fingerprint density at radius 2 is 2.20 bits per heavy atom. The number of hydrogen-bond acceptors (Lipinski definition) is 2. The molecule has 2 aromatic rings. The van der Waals surface area contributed by atoms with E-state index < -0.39 is 0 Å². The van der Waals surface area contributed by atoms with Crippen LogP contribution >= 0.6 is 15.9 Å². The van der Waals surface area contributed by atoms with E-state index in [1.54, 1.807) is 4.68 Å². The van der Waals surface area contributed by atoms with Crippen LogP contribution in [0.4, 0.5) is 5.82 Å². The highest BCUT2D eigenvalue weighted by Crippen LogP contribution is 2.31. The fourth-order valence-electron chi connectivity index (χ4n) is 1.75. The van der Waals surface area contributed by atoms with Gasteiger partial charge in [0.1, 0.15) is 0 Å². The molecule has 0 unspecified atom stereocenters. The third kappa shape index (κ3) is 1.55. The Morgan fingerprint density at radius 3 is 2.87 bits per heavy atom. The summed E-state index contributed by atoms with van der Waals surface area (Å²) in [7, 11) is 1.89. The highest BCUT2D eigenvalue weighted by molar-refractivity contribution is 9.10. The van der Waals surface area contributed by atoms with Gasteiger partial charge in [0.05, 0.1) is 10.9 Å². The summed E-state index contributed by atoms with van der Waals surface area (Å²) in [6, 6.07) is 4.04. The number of halogens is 1. The zero-order valence-corrected chi connectivity index (χ0v) is 10.2. The summed E-state index contributed by atoms with van der Waals surface area (Å²) >= 11 is 3.51. The van der Waals surface area contributed by atoms with Crippen LogP contribution in [-0.2, 0) is 7.05 Å². The fraction of sp³-hybridized carbons (Fsp3) is 0.182. The van der Waals surface area contributed by atoms with Gasteiger partial charge in [0, 0.05) is 11.5 Å². The minimum atomic E-state index is 0.571. The predicted octanol–water partition coefficient (Wildman–Crippen LogP) is 2.95. The Hall–Kier alpha value is -1.29. The average molecular weight is 266 g/mol. The molecule has 1 heterocycles. The van der Waals surface area contributed by atoms with E-state index in [9.17, 15) is 0 Å².